The molecule has 1 rings (SSSR count). The van der Waals surface area contributed by atoms with Gasteiger partial charge in [0.15, 0.2) is 0 Å². The average molecular weight is 273 g/mol. The molecule has 0 radical (unpaired) electrons. The molecule has 0 aromatic heterocycles. The number of aldehydes is 1. The van der Waals surface area contributed by atoms with Crippen molar-refractivity contribution in [2.24, 2.45) is 5.73 Å². The van der Waals surface area contributed by atoms with Crippen LogP contribution in [0.25, 0.3) is 5.57 Å². The summed E-state index contributed by atoms with van der Waals surface area (Å²) in [5.74, 6) is 0. The van der Waals surface area contributed by atoms with Crippen LogP contribution in [0.2, 0.25) is 0 Å². The van der Waals surface area contributed by atoms with Crippen LogP contribution in [0.1, 0.15) is 18.1 Å². The molecule has 0 spiro atoms. The van der Waals surface area contributed by atoms with Gasteiger partial charge in [0.05, 0.1) is 0 Å². The largest absolute Gasteiger partial charge is 0.389 e. The molecule has 4 nitrogen and oxygen atoms in total. The van der Waals surface area contributed by atoms with E-state index in [-0.39, 0.29) is 0 Å². The number of rotatable bonds is 9. The summed E-state index contributed by atoms with van der Waals surface area (Å²) in [7, 11) is 0. The van der Waals surface area contributed by atoms with Crippen LogP contribution in [0, 0.1) is 0 Å². The third kappa shape index (κ3) is 5.71. The minimum atomic E-state index is 0.437. The van der Waals surface area contributed by atoms with Gasteiger partial charge in [0, 0.05) is 32.3 Å². The molecule has 0 saturated heterocycles. The van der Waals surface area contributed by atoms with E-state index >= 15 is 0 Å². The van der Waals surface area contributed by atoms with E-state index in [1.54, 1.807) is 0 Å². The summed E-state index contributed by atoms with van der Waals surface area (Å²) in [5, 5.41) is 6.39. The summed E-state index contributed by atoms with van der Waals surface area (Å²) in [4.78, 5) is 10.6. The number of allylic oxidation sites excluding steroid dienone is 1. The van der Waals surface area contributed by atoms with Crippen molar-refractivity contribution in [1.82, 2.24) is 10.6 Å². The van der Waals surface area contributed by atoms with Crippen LogP contribution in [-0.2, 0) is 11.2 Å². The van der Waals surface area contributed by atoms with Crippen molar-refractivity contribution in [3.05, 3.63) is 53.9 Å². The first kappa shape index (κ1) is 16.0. The van der Waals surface area contributed by atoms with E-state index in [1.165, 1.54) is 0 Å². The second-order valence-electron chi connectivity index (χ2n) is 4.35. The second-order valence-corrected chi connectivity index (χ2v) is 4.35. The van der Waals surface area contributed by atoms with E-state index in [0.29, 0.717) is 13.0 Å². The fraction of sp³-hybridized carbons (Fsp3) is 0.312. The van der Waals surface area contributed by atoms with Crippen LogP contribution in [0.15, 0.2) is 42.7 Å². The molecule has 0 fully saturated rings. The third-order valence-corrected chi connectivity index (χ3v) is 2.81. The number of hydrogen-bond acceptors (Lipinski definition) is 4. The molecule has 20 heavy (non-hydrogen) atoms. The Hall–Kier alpha value is -2.07. The monoisotopic (exact) mass is 273 g/mol. The lowest BCUT2D eigenvalue weighted by atomic mass is 10.0. The van der Waals surface area contributed by atoms with E-state index in [4.69, 9.17) is 5.73 Å². The zero-order valence-electron chi connectivity index (χ0n) is 11.9. The topological polar surface area (TPSA) is 67.2 Å². The van der Waals surface area contributed by atoms with E-state index < -0.39 is 0 Å². The first-order valence-electron chi connectivity index (χ1n) is 6.81. The van der Waals surface area contributed by atoms with Gasteiger partial charge in [-0.3, -0.25) is 0 Å². The Kier molecular flexibility index (Phi) is 7.84. The SMILES string of the molecule is C/C=C\NCCN/C=C(\CN)c1cccc(CC=O)c1. The van der Waals surface area contributed by atoms with Crippen LogP contribution >= 0.6 is 0 Å². The molecule has 0 heterocycles. The highest BCUT2D eigenvalue weighted by Crippen LogP contribution is 2.14. The second kappa shape index (κ2) is 9.81. The van der Waals surface area contributed by atoms with Crippen molar-refractivity contribution < 1.29 is 4.79 Å². The van der Waals surface area contributed by atoms with Crippen molar-refractivity contribution in [2.75, 3.05) is 19.6 Å². The Morgan fingerprint density at radius 3 is 2.80 bits per heavy atom. The van der Waals surface area contributed by atoms with Crippen molar-refractivity contribution in [1.29, 1.82) is 0 Å². The van der Waals surface area contributed by atoms with Gasteiger partial charge in [-0.05, 0) is 29.8 Å². The molecule has 0 amide bonds. The standard InChI is InChI=1S/C16H23N3O/c1-2-7-18-8-9-19-13-16(12-17)15-5-3-4-14(11-15)6-10-20/h2-5,7,10-11,13,18-19H,6,8-9,12,17H2,1H3/b7-2-,16-13+. The molecule has 0 atom stereocenters. The van der Waals surface area contributed by atoms with Crippen molar-refractivity contribution >= 4 is 11.9 Å². The first-order valence-corrected chi connectivity index (χ1v) is 6.81. The molecule has 0 bridgehead atoms. The molecule has 0 unspecified atom stereocenters. The highest BCUT2D eigenvalue weighted by atomic mass is 16.1. The molecular formula is C16H23N3O. The van der Waals surface area contributed by atoms with E-state index in [9.17, 15) is 4.79 Å². The Bertz CT molecular complexity index is 467. The van der Waals surface area contributed by atoms with Crippen LogP contribution < -0.4 is 16.4 Å². The van der Waals surface area contributed by atoms with Gasteiger partial charge in [0.1, 0.15) is 6.29 Å². The normalized spacial score (nSPS) is 11.6. The maximum atomic E-state index is 10.6. The quantitative estimate of drug-likeness (QED) is 0.470. The van der Waals surface area contributed by atoms with Gasteiger partial charge in [-0.25, -0.2) is 0 Å². The number of nitrogens with two attached hydrogens (primary N) is 1. The van der Waals surface area contributed by atoms with Crippen molar-refractivity contribution in [2.45, 2.75) is 13.3 Å². The lowest BCUT2D eigenvalue weighted by Gasteiger charge is -2.08. The molecule has 1 aromatic carbocycles. The van der Waals surface area contributed by atoms with Gasteiger partial charge >= 0.3 is 0 Å². The predicted molar refractivity (Wildman–Crippen MR) is 84.1 cm³/mol. The number of carbonyl (C=O) groups excluding carboxylic acids is 1. The van der Waals surface area contributed by atoms with Crippen LogP contribution in [-0.4, -0.2) is 25.9 Å². The maximum absolute atomic E-state index is 10.6. The van der Waals surface area contributed by atoms with E-state index in [2.05, 4.69) is 10.6 Å². The minimum Gasteiger partial charge on any atom is -0.389 e. The highest BCUT2D eigenvalue weighted by Gasteiger charge is 2.01. The summed E-state index contributed by atoms with van der Waals surface area (Å²) >= 11 is 0. The molecule has 0 aliphatic heterocycles. The highest BCUT2D eigenvalue weighted by molar-refractivity contribution is 5.68. The van der Waals surface area contributed by atoms with Crippen LogP contribution in [0.5, 0.6) is 0 Å². The number of nitrogens with one attached hydrogen (secondary N) is 2. The minimum absolute atomic E-state index is 0.437. The molecule has 4 N–H and O–H groups in total. The smallest absolute Gasteiger partial charge is 0.124 e. The molecule has 0 aliphatic rings. The van der Waals surface area contributed by atoms with Crippen molar-refractivity contribution in [3.63, 3.8) is 0 Å². The third-order valence-electron chi connectivity index (χ3n) is 2.81. The summed E-state index contributed by atoms with van der Waals surface area (Å²) < 4.78 is 0. The van der Waals surface area contributed by atoms with E-state index in [1.807, 2.05) is 49.7 Å². The summed E-state index contributed by atoms with van der Waals surface area (Å²) in [6.07, 6.45) is 7.16. The molecule has 1 aromatic rings. The average Bonchev–Trinajstić information content (AvgIpc) is 2.47. The summed E-state index contributed by atoms with van der Waals surface area (Å²) in [6, 6.07) is 7.91. The lowest BCUT2D eigenvalue weighted by Crippen LogP contribution is -2.21. The maximum Gasteiger partial charge on any atom is 0.124 e. The predicted octanol–water partition coefficient (Wildman–Crippen LogP) is 1.44. The van der Waals surface area contributed by atoms with Gasteiger partial charge < -0.3 is 21.2 Å². The number of hydrogen-bond donors (Lipinski definition) is 3. The lowest BCUT2D eigenvalue weighted by molar-refractivity contribution is -0.107. The zero-order valence-corrected chi connectivity index (χ0v) is 11.9. The molecular weight excluding hydrogens is 250 g/mol. The van der Waals surface area contributed by atoms with Gasteiger partial charge in [-0.2, -0.15) is 0 Å². The molecule has 108 valence electrons. The Morgan fingerprint density at radius 1 is 1.30 bits per heavy atom. The fourth-order valence-corrected chi connectivity index (χ4v) is 1.80. The Labute approximate surface area is 120 Å². The number of carbonyl (C=O) groups is 1. The summed E-state index contributed by atoms with van der Waals surface area (Å²) in [6.45, 7) is 4.10. The molecule has 0 aliphatic carbocycles. The summed E-state index contributed by atoms with van der Waals surface area (Å²) in [5.41, 5.74) is 8.88. The Balaban J connectivity index is 2.60. The number of benzene rings is 1. The van der Waals surface area contributed by atoms with Gasteiger partial charge in [0.25, 0.3) is 0 Å². The fourth-order valence-electron chi connectivity index (χ4n) is 1.80. The van der Waals surface area contributed by atoms with E-state index in [0.717, 1.165) is 36.1 Å². The molecule has 4 heteroatoms. The van der Waals surface area contributed by atoms with Crippen LogP contribution in [0.4, 0.5) is 0 Å². The van der Waals surface area contributed by atoms with Gasteiger partial charge in [-0.15, -0.1) is 0 Å². The van der Waals surface area contributed by atoms with Crippen LogP contribution in [0.3, 0.4) is 0 Å². The van der Waals surface area contributed by atoms with Gasteiger partial charge in [0.2, 0.25) is 0 Å². The molecule has 0 saturated carbocycles. The van der Waals surface area contributed by atoms with Crippen molar-refractivity contribution in [3.8, 4) is 0 Å². The first-order chi connectivity index (χ1) is 9.81. The zero-order chi connectivity index (χ0) is 14.6. The Morgan fingerprint density at radius 2 is 2.10 bits per heavy atom. The van der Waals surface area contributed by atoms with Gasteiger partial charge in [-0.1, -0.05) is 30.3 Å².